The molecule has 0 amide bonds. The van der Waals surface area contributed by atoms with Crippen LogP contribution in [0.1, 0.15) is 26.7 Å². The van der Waals surface area contributed by atoms with E-state index in [1.165, 1.54) is 0 Å². The molecular formula is C12H24N2O3. The first-order valence-corrected chi connectivity index (χ1v) is 6.30. The molecule has 1 aliphatic rings. The normalized spacial score (nSPS) is 26.2. The Morgan fingerprint density at radius 1 is 1.65 bits per heavy atom. The Kier molecular flexibility index (Phi) is 5.88. The van der Waals surface area contributed by atoms with Crippen molar-refractivity contribution in [2.45, 2.75) is 44.9 Å². The molecule has 1 rings (SSSR count). The lowest BCUT2D eigenvalue weighted by Crippen LogP contribution is -2.41. The third-order valence-electron chi connectivity index (χ3n) is 3.28. The molecule has 0 bridgehead atoms. The van der Waals surface area contributed by atoms with Crippen LogP contribution < -0.4 is 5.73 Å². The summed E-state index contributed by atoms with van der Waals surface area (Å²) in [5.74, 6) is -0.309. The first-order valence-electron chi connectivity index (χ1n) is 6.30. The maximum absolute atomic E-state index is 11.4. The van der Waals surface area contributed by atoms with Crippen LogP contribution in [0.2, 0.25) is 0 Å². The summed E-state index contributed by atoms with van der Waals surface area (Å²) in [6.07, 6.45) is 1.93. The summed E-state index contributed by atoms with van der Waals surface area (Å²) < 4.78 is 10.4. The fraction of sp³-hybridized carbons (Fsp3) is 0.917. The molecular weight excluding hydrogens is 220 g/mol. The highest BCUT2D eigenvalue weighted by Crippen LogP contribution is 2.18. The zero-order chi connectivity index (χ0) is 12.8. The van der Waals surface area contributed by atoms with E-state index in [0.29, 0.717) is 19.1 Å². The SMILES string of the molecule is CCOC(=O)C(N)CCN(C)C1CCOC1C. The van der Waals surface area contributed by atoms with Gasteiger partial charge < -0.3 is 20.1 Å². The fourth-order valence-electron chi connectivity index (χ4n) is 2.17. The van der Waals surface area contributed by atoms with Gasteiger partial charge in [0.05, 0.1) is 12.7 Å². The van der Waals surface area contributed by atoms with Crippen molar-refractivity contribution < 1.29 is 14.3 Å². The molecule has 0 radical (unpaired) electrons. The average molecular weight is 244 g/mol. The smallest absolute Gasteiger partial charge is 0.322 e. The average Bonchev–Trinajstić information content (AvgIpc) is 2.72. The molecule has 1 aliphatic heterocycles. The van der Waals surface area contributed by atoms with Crippen molar-refractivity contribution in [3.8, 4) is 0 Å². The van der Waals surface area contributed by atoms with Crippen LogP contribution >= 0.6 is 0 Å². The fourth-order valence-corrected chi connectivity index (χ4v) is 2.17. The monoisotopic (exact) mass is 244 g/mol. The van der Waals surface area contributed by atoms with Crippen LogP contribution in [-0.4, -0.2) is 55.9 Å². The van der Waals surface area contributed by atoms with Gasteiger partial charge in [0.2, 0.25) is 0 Å². The number of likely N-dealkylation sites (N-methyl/N-ethyl adjacent to an activating group) is 1. The molecule has 2 N–H and O–H groups in total. The van der Waals surface area contributed by atoms with Gasteiger partial charge in [0, 0.05) is 19.2 Å². The molecule has 0 aromatic carbocycles. The third kappa shape index (κ3) is 4.26. The molecule has 3 unspecified atom stereocenters. The van der Waals surface area contributed by atoms with E-state index in [0.717, 1.165) is 19.6 Å². The van der Waals surface area contributed by atoms with Gasteiger partial charge in [-0.1, -0.05) is 0 Å². The predicted octanol–water partition coefficient (Wildman–Crippen LogP) is 0.376. The van der Waals surface area contributed by atoms with Crippen molar-refractivity contribution in [3.63, 3.8) is 0 Å². The molecule has 1 saturated heterocycles. The van der Waals surface area contributed by atoms with E-state index in [1.807, 2.05) is 7.05 Å². The van der Waals surface area contributed by atoms with Gasteiger partial charge >= 0.3 is 5.97 Å². The summed E-state index contributed by atoms with van der Waals surface area (Å²) >= 11 is 0. The lowest BCUT2D eigenvalue weighted by atomic mass is 10.1. The van der Waals surface area contributed by atoms with Crippen LogP contribution in [0.25, 0.3) is 0 Å². The number of hydrogen-bond acceptors (Lipinski definition) is 5. The summed E-state index contributed by atoms with van der Waals surface area (Å²) in [6.45, 7) is 5.86. The van der Waals surface area contributed by atoms with E-state index < -0.39 is 6.04 Å². The molecule has 3 atom stereocenters. The van der Waals surface area contributed by atoms with Crippen molar-refractivity contribution in [3.05, 3.63) is 0 Å². The van der Waals surface area contributed by atoms with Crippen LogP contribution in [0.3, 0.4) is 0 Å². The predicted molar refractivity (Wildman–Crippen MR) is 65.7 cm³/mol. The molecule has 0 spiro atoms. The van der Waals surface area contributed by atoms with Gasteiger partial charge in [0.15, 0.2) is 0 Å². The van der Waals surface area contributed by atoms with E-state index in [2.05, 4.69) is 11.8 Å². The number of rotatable bonds is 6. The second-order valence-electron chi connectivity index (χ2n) is 4.56. The van der Waals surface area contributed by atoms with Gasteiger partial charge in [0.25, 0.3) is 0 Å². The van der Waals surface area contributed by atoms with Crippen molar-refractivity contribution in [1.29, 1.82) is 0 Å². The lowest BCUT2D eigenvalue weighted by Gasteiger charge is -2.27. The standard InChI is InChI=1S/C12H24N2O3/c1-4-16-12(15)10(13)5-7-14(3)11-6-8-17-9(11)2/h9-11H,4-8,13H2,1-3H3. The van der Waals surface area contributed by atoms with Crippen molar-refractivity contribution in [2.24, 2.45) is 5.73 Å². The summed E-state index contributed by atoms with van der Waals surface area (Å²) in [6, 6.07) is -0.0839. The molecule has 0 aliphatic carbocycles. The van der Waals surface area contributed by atoms with Gasteiger partial charge in [0.1, 0.15) is 6.04 Å². The highest BCUT2D eigenvalue weighted by atomic mass is 16.5. The number of carbonyl (C=O) groups excluding carboxylic acids is 1. The Balaban J connectivity index is 2.27. The molecule has 5 heteroatoms. The Hall–Kier alpha value is -0.650. The Labute approximate surface area is 103 Å². The maximum Gasteiger partial charge on any atom is 0.322 e. The molecule has 5 nitrogen and oxygen atoms in total. The van der Waals surface area contributed by atoms with Crippen LogP contribution in [0, 0.1) is 0 Å². The van der Waals surface area contributed by atoms with Gasteiger partial charge in [-0.25, -0.2) is 0 Å². The number of ether oxygens (including phenoxy) is 2. The van der Waals surface area contributed by atoms with Crippen molar-refractivity contribution in [2.75, 3.05) is 26.8 Å². The largest absolute Gasteiger partial charge is 0.465 e. The Morgan fingerprint density at radius 3 is 2.88 bits per heavy atom. The second-order valence-corrected chi connectivity index (χ2v) is 4.56. The minimum Gasteiger partial charge on any atom is -0.465 e. The zero-order valence-corrected chi connectivity index (χ0v) is 11.0. The number of nitrogens with zero attached hydrogens (tertiary/aromatic N) is 1. The highest BCUT2D eigenvalue weighted by molar-refractivity contribution is 5.75. The summed E-state index contributed by atoms with van der Waals surface area (Å²) in [5, 5.41) is 0. The Bertz CT molecular complexity index is 248. The number of hydrogen-bond donors (Lipinski definition) is 1. The van der Waals surface area contributed by atoms with Gasteiger partial charge in [-0.3, -0.25) is 4.79 Å². The number of carbonyl (C=O) groups is 1. The summed E-state index contributed by atoms with van der Waals surface area (Å²) in [5.41, 5.74) is 5.75. The number of nitrogens with two attached hydrogens (primary N) is 1. The topological polar surface area (TPSA) is 64.8 Å². The van der Waals surface area contributed by atoms with Crippen LogP contribution in [0.15, 0.2) is 0 Å². The van der Waals surface area contributed by atoms with E-state index in [4.69, 9.17) is 15.2 Å². The molecule has 1 heterocycles. The van der Waals surface area contributed by atoms with Crippen molar-refractivity contribution in [1.82, 2.24) is 4.90 Å². The Morgan fingerprint density at radius 2 is 2.35 bits per heavy atom. The van der Waals surface area contributed by atoms with Crippen LogP contribution in [0.4, 0.5) is 0 Å². The zero-order valence-electron chi connectivity index (χ0n) is 11.0. The van der Waals surface area contributed by atoms with E-state index in [-0.39, 0.29) is 12.1 Å². The molecule has 0 aromatic rings. The number of esters is 1. The minimum atomic E-state index is -0.518. The first kappa shape index (κ1) is 14.4. The van der Waals surface area contributed by atoms with E-state index in [1.54, 1.807) is 6.92 Å². The van der Waals surface area contributed by atoms with Crippen LogP contribution in [0.5, 0.6) is 0 Å². The maximum atomic E-state index is 11.4. The summed E-state index contributed by atoms with van der Waals surface area (Å²) in [4.78, 5) is 13.6. The van der Waals surface area contributed by atoms with Gasteiger partial charge in [-0.2, -0.15) is 0 Å². The van der Waals surface area contributed by atoms with Crippen LogP contribution in [-0.2, 0) is 14.3 Å². The molecule has 17 heavy (non-hydrogen) atoms. The van der Waals surface area contributed by atoms with Gasteiger partial charge in [-0.15, -0.1) is 0 Å². The minimum absolute atomic E-state index is 0.263. The molecule has 100 valence electrons. The van der Waals surface area contributed by atoms with Crippen molar-refractivity contribution >= 4 is 5.97 Å². The van der Waals surface area contributed by atoms with E-state index in [9.17, 15) is 4.79 Å². The molecule has 1 fully saturated rings. The third-order valence-corrected chi connectivity index (χ3v) is 3.28. The second kappa shape index (κ2) is 6.93. The summed E-state index contributed by atoms with van der Waals surface area (Å²) in [7, 11) is 2.05. The quantitative estimate of drug-likeness (QED) is 0.684. The highest BCUT2D eigenvalue weighted by Gasteiger charge is 2.28. The first-order chi connectivity index (χ1) is 8.06. The van der Waals surface area contributed by atoms with Gasteiger partial charge in [-0.05, 0) is 33.7 Å². The van der Waals surface area contributed by atoms with E-state index >= 15 is 0 Å². The molecule has 0 aromatic heterocycles. The lowest BCUT2D eigenvalue weighted by molar-refractivity contribution is -0.144. The molecule has 0 saturated carbocycles.